The number of thiazole rings is 1. The highest BCUT2D eigenvalue weighted by Crippen LogP contribution is 2.29. The van der Waals surface area contributed by atoms with Crippen molar-refractivity contribution in [1.82, 2.24) is 4.98 Å². The van der Waals surface area contributed by atoms with E-state index in [0.717, 1.165) is 40.8 Å². The van der Waals surface area contributed by atoms with Gasteiger partial charge in [0.15, 0.2) is 5.13 Å². The number of hydrogen-bond acceptors (Lipinski definition) is 5. The molecule has 0 aliphatic carbocycles. The maximum absolute atomic E-state index is 5.75. The average molecular weight is 251 g/mol. The van der Waals surface area contributed by atoms with Crippen molar-refractivity contribution in [3.05, 3.63) is 18.2 Å². The van der Waals surface area contributed by atoms with E-state index < -0.39 is 0 Å². The molecule has 92 valence electrons. The van der Waals surface area contributed by atoms with E-state index in [1.165, 1.54) is 0 Å². The largest absolute Gasteiger partial charge is 0.399 e. The molecule has 0 amide bonds. The standard InChI is InChI=1S/C12H17N3OS/c1-3-16-7-6-15(2)12-14-10-5-4-9(13)8-11(10)17-12/h4-5,8H,3,6-7,13H2,1-2H3. The van der Waals surface area contributed by atoms with Gasteiger partial charge in [-0.1, -0.05) is 11.3 Å². The first-order valence-electron chi connectivity index (χ1n) is 5.65. The van der Waals surface area contributed by atoms with Gasteiger partial charge in [0.1, 0.15) is 0 Å². The third-order valence-corrected chi connectivity index (χ3v) is 3.64. The number of ether oxygens (including phenoxy) is 1. The van der Waals surface area contributed by atoms with Crippen molar-refractivity contribution in [3.63, 3.8) is 0 Å². The van der Waals surface area contributed by atoms with Gasteiger partial charge in [-0.2, -0.15) is 0 Å². The molecule has 0 aliphatic rings. The fourth-order valence-corrected chi connectivity index (χ4v) is 2.53. The number of nitrogen functional groups attached to an aromatic ring is 1. The second-order valence-electron chi connectivity index (χ2n) is 3.84. The second kappa shape index (κ2) is 5.33. The number of likely N-dealkylation sites (N-methyl/N-ethyl adjacent to an activating group) is 1. The number of benzene rings is 1. The van der Waals surface area contributed by atoms with Gasteiger partial charge in [0, 0.05) is 25.9 Å². The van der Waals surface area contributed by atoms with Crippen LogP contribution in [0.5, 0.6) is 0 Å². The Kier molecular flexibility index (Phi) is 3.81. The molecular formula is C12H17N3OS. The van der Waals surface area contributed by atoms with Crippen LogP contribution in [0, 0.1) is 0 Å². The molecule has 2 rings (SSSR count). The molecule has 17 heavy (non-hydrogen) atoms. The lowest BCUT2D eigenvalue weighted by molar-refractivity contribution is 0.154. The van der Waals surface area contributed by atoms with E-state index >= 15 is 0 Å². The topological polar surface area (TPSA) is 51.4 Å². The number of anilines is 2. The highest BCUT2D eigenvalue weighted by atomic mass is 32.1. The average Bonchev–Trinajstić information content (AvgIpc) is 2.72. The molecule has 1 heterocycles. The Bertz CT molecular complexity index is 497. The van der Waals surface area contributed by atoms with Crippen LogP contribution in [-0.4, -0.2) is 31.8 Å². The molecule has 2 N–H and O–H groups in total. The predicted molar refractivity (Wildman–Crippen MR) is 73.8 cm³/mol. The summed E-state index contributed by atoms with van der Waals surface area (Å²) in [6.45, 7) is 4.33. The van der Waals surface area contributed by atoms with Gasteiger partial charge < -0.3 is 15.4 Å². The summed E-state index contributed by atoms with van der Waals surface area (Å²) >= 11 is 1.66. The van der Waals surface area contributed by atoms with Gasteiger partial charge in [-0.15, -0.1) is 0 Å². The van der Waals surface area contributed by atoms with Crippen LogP contribution < -0.4 is 10.6 Å². The summed E-state index contributed by atoms with van der Waals surface area (Å²) in [5, 5.41) is 1.00. The molecule has 0 saturated carbocycles. The molecular weight excluding hydrogens is 234 g/mol. The first kappa shape index (κ1) is 12.1. The normalized spacial score (nSPS) is 10.9. The number of fused-ring (bicyclic) bond motifs is 1. The number of nitrogens with zero attached hydrogens (tertiary/aromatic N) is 2. The smallest absolute Gasteiger partial charge is 0.186 e. The molecule has 0 unspecified atom stereocenters. The van der Waals surface area contributed by atoms with E-state index in [4.69, 9.17) is 10.5 Å². The first-order valence-corrected chi connectivity index (χ1v) is 6.47. The Hall–Kier alpha value is -1.33. The lowest BCUT2D eigenvalue weighted by atomic mass is 10.3. The summed E-state index contributed by atoms with van der Waals surface area (Å²) in [6, 6.07) is 5.81. The Morgan fingerprint density at radius 3 is 3.06 bits per heavy atom. The quantitative estimate of drug-likeness (QED) is 0.654. The van der Waals surface area contributed by atoms with Gasteiger partial charge >= 0.3 is 0 Å². The van der Waals surface area contributed by atoms with Crippen LogP contribution in [0.3, 0.4) is 0 Å². The van der Waals surface area contributed by atoms with Crippen molar-refractivity contribution in [2.45, 2.75) is 6.92 Å². The van der Waals surface area contributed by atoms with Crippen LogP contribution in [0.4, 0.5) is 10.8 Å². The van der Waals surface area contributed by atoms with E-state index in [-0.39, 0.29) is 0 Å². The predicted octanol–water partition coefficient (Wildman–Crippen LogP) is 2.35. The van der Waals surface area contributed by atoms with Crippen LogP contribution in [0.25, 0.3) is 10.2 Å². The highest BCUT2D eigenvalue weighted by Gasteiger charge is 2.08. The van der Waals surface area contributed by atoms with E-state index in [1.54, 1.807) is 11.3 Å². The molecule has 0 radical (unpaired) electrons. The monoisotopic (exact) mass is 251 g/mol. The maximum atomic E-state index is 5.75. The summed E-state index contributed by atoms with van der Waals surface area (Å²) < 4.78 is 6.46. The van der Waals surface area contributed by atoms with Gasteiger partial charge in [-0.25, -0.2) is 4.98 Å². The molecule has 0 saturated heterocycles. The molecule has 4 nitrogen and oxygen atoms in total. The first-order chi connectivity index (χ1) is 8.20. The minimum Gasteiger partial charge on any atom is -0.399 e. The highest BCUT2D eigenvalue weighted by molar-refractivity contribution is 7.22. The van der Waals surface area contributed by atoms with Gasteiger partial charge in [0.2, 0.25) is 0 Å². The number of rotatable bonds is 5. The van der Waals surface area contributed by atoms with Crippen LogP contribution in [-0.2, 0) is 4.74 Å². The second-order valence-corrected chi connectivity index (χ2v) is 4.85. The molecule has 0 bridgehead atoms. The molecule has 1 aromatic carbocycles. The van der Waals surface area contributed by atoms with Crippen molar-refractivity contribution in [2.75, 3.05) is 37.4 Å². The van der Waals surface area contributed by atoms with E-state index in [2.05, 4.69) is 9.88 Å². The lowest BCUT2D eigenvalue weighted by Gasteiger charge is -2.14. The van der Waals surface area contributed by atoms with E-state index in [9.17, 15) is 0 Å². The zero-order chi connectivity index (χ0) is 12.3. The van der Waals surface area contributed by atoms with Crippen molar-refractivity contribution >= 4 is 32.4 Å². The SMILES string of the molecule is CCOCCN(C)c1nc2ccc(N)cc2s1. The van der Waals surface area contributed by atoms with Crippen molar-refractivity contribution < 1.29 is 4.74 Å². The van der Waals surface area contributed by atoms with Crippen LogP contribution in [0.2, 0.25) is 0 Å². The van der Waals surface area contributed by atoms with Gasteiger partial charge in [-0.05, 0) is 25.1 Å². The minimum absolute atomic E-state index is 0.727. The molecule has 0 aliphatic heterocycles. The van der Waals surface area contributed by atoms with Crippen molar-refractivity contribution in [2.24, 2.45) is 0 Å². The number of aromatic nitrogens is 1. The Balaban J connectivity index is 2.12. The van der Waals surface area contributed by atoms with E-state index in [1.807, 2.05) is 32.2 Å². The Labute approximate surface area is 105 Å². The summed E-state index contributed by atoms with van der Waals surface area (Å²) in [7, 11) is 2.03. The van der Waals surface area contributed by atoms with Crippen LogP contribution in [0.15, 0.2) is 18.2 Å². The summed E-state index contributed by atoms with van der Waals surface area (Å²) in [4.78, 5) is 6.67. The summed E-state index contributed by atoms with van der Waals surface area (Å²) in [6.07, 6.45) is 0. The molecule has 0 spiro atoms. The summed E-state index contributed by atoms with van der Waals surface area (Å²) in [5.74, 6) is 0. The molecule has 1 aromatic heterocycles. The third-order valence-electron chi connectivity index (χ3n) is 2.50. The maximum Gasteiger partial charge on any atom is 0.186 e. The number of hydrogen-bond donors (Lipinski definition) is 1. The molecule has 2 aromatic rings. The zero-order valence-electron chi connectivity index (χ0n) is 10.1. The molecule has 0 fully saturated rings. The summed E-state index contributed by atoms with van der Waals surface area (Å²) in [5.41, 5.74) is 7.54. The van der Waals surface area contributed by atoms with Gasteiger partial charge in [0.25, 0.3) is 0 Å². The Morgan fingerprint density at radius 2 is 2.29 bits per heavy atom. The fraction of sp³-hybridized carbons (Fsp3) is 0.417. The Morgan fingerprint density at radius 1 is 1.47 bits per heavy atom. The van der Waals surface area contributed by atoms with Gasteiger partial charge in [0.05, 0.1) is 16.8 Å². The number of nitrogens with two attached hydrogens (primary N) is 1. The lowest BCUT2D eigenvalue weighted by Crippen LogP contribution is -2.22. The van der Waals surface area contributed by atoms with Crippen molar-refractivity contribution in [1.29, 1.82) is 0 Å². The van der Waals surface area contributed by atoms with Crippen LogP contribution >= 0.6 is 11.3 Å². The van der Waals surface area contributed by atoms with Gasteiger partial charge in [-0.3, -0.25) is 0 Å². The van der Waals surface area contributed by atoms with E-state index in [0.29, 0.717) is 0 Å². The van der Waals surface area contributed by atoms with Crippen molar-refractivity contribution in [3.8, 4) is 0 Å². The molecule has 0 atom stereocenters. The van der Waals surface area contributed by atoms with Crippen LogP contribution in [0.1, 0.15) is 6.92 Å². The molecule has 5 heteroatoms. The zero-order valence-corrected chi connectivity index (χ0v) is 11.0. The third kappa shape index (κ3) is 2.87. The fourth-order valence-electron chi connectivity index (χ4n) is 1.53. The minimum atomic E-state index is 0.727.